The topological polar surface area (TPSA) is 59.2 Å². The molecule has 4 nitrogen and oxygen atoms in total. The second kappa shape index (κ2) is 6.59. The number of amides is 1. The van der Waals surface area contributed by atoms with Crippen LogP contribution < -0.4 is 5.73 Å². The molecule has 0 unspecified atom stereocenters. The van der Waals surface area contributed by atoms with Crippen molar-refractivity contribution in [2.24, 2.45) is 0 Å². The second-order valence-electron chi connectivity index (χ2n) is 4.82. The van der Waals surface area contributed by atoms with Crippen LogP contribution >= 0.6 is 11.6 Å². The molecule has 0 spiro atoms. The summed E-state index contributed by atoms with van der Waals surface area (Å²) >= 11 is 5.95. The smallest absolute Gasteiger partial charge is 0.256 e. The Bertz CT molecular complexity index is 658. The van der Waals surface area contributed by atoms with Crippen LogP contribution in [-0.4, -0.2) is 22.3 Å². The Kier molecular flexibility index (Phi) is 4.81. The van der Waals surface area contributed by atoms with Gasteiger partial charge < -0.3 is 10.6 Å². The number of hydrogen-bond donors (Lipinski definition) is 1. The van der Waals surface area contributed by atoms with E-state index < -0.39 is 0 Å². The van der Waals surface area contributed by atoms with Crippen LogP contribution in [0, 0.1) is 6.92 Å². The van der Waals surface area contributed by atoms with E-state index in [1.807, 2.05) is 32.0 Å². The highest BCUT2D eigenvalue weighted by atomic mass is 35.5. The Balaban J connectivity index is 2.24. The summed E-state index contributed by atoms with van der Waals surface area (Å²) in [5.41, 5.74) is 8.52. The van der Waals surface area contributed by atoms with E-state index in [0.29, 0.717) is 29.4 Å². The van der Waals surface area contributed by atoms with Gasteiger partial charge in [-0.1, -0.05) is 17.7 Å². The summed E-state index contributed by atoms with van der Waals surface area (Å²) in [7, 11) is 0. The first-order valence-electron chi connectivity index (χ1n) is 6.78. The van der Waals surface area contributed by atoms with Gasteiger partial charge >= 0.3 is 0 Å². The Morgan fingerprint density at radius 1 is 1.33 bits per heavy atom. The molecule has 1 amide bonds. The van der Waals surface area contributed by atoms with E-state index in [2.05, 4.69) is 4.98 Å². The van der Waals surface area contributed by atoms with Gasteiger partial charge in [-0.2, -0.15) is 0 Å². The summed E-state index contributed by atoms with van der Waals surface area (Å²) in [4.78, 5) is 18.7. The van der Waals surface area contributed by atoms with Crippen LogP contribution in [0.5, 0.6) is 0 Å². The molecule has 1 heterocycles. The van der Waals surface area contributed by atoms with Gasteiger partial charge in [0.1, 0.15) is 0 Å². The number of hydrogen-bond acceptors (Lipinski definition) is 3. The predicted octanol–water partition coefficient (Wildman–Crippen LogP) is 3.29. The number of pyridine rings is 1. The molecule has 0 atom stereocenters. The number of halogens is 1. The molecule has 0 radical (unpaired) electrons. The monoisotopic (exact) mass is 303 g/mol. The lowest BCUT2D eigenvalue weighted by molar-refractivity contribution is 0.0751. The molecule has 0 aliphatic heterocycles. The van der Waals surface area contributed by atoms with E-state index >= 15 is 0 Å². The number of nitrogens with zero attached hydrogens (tertiary/aromatic N) is 2. The van der Waals surface area contributed by atoms with Crippen molar-refractivity contribution in [2.45, 2.75) is 20.4 Å². The average molecular weight is 304 g/mol. The molecule has 5 heteroatoms. The first kappa shape index (κ1) is 15.3. The molecule has 0 saturated heterocycles. The second-order valence-corrected chi connectivity index (χ2v) is 5.26. The quantitative estimate of drug-likeness (QED) is 0.882. The van der Waals surface area contributed by atoms with Crippen molar-refractivity contribution in [3.05, 3.63) is 58.4 Å². The van der Waals surface area contributed by atoms with E-state index in [0.717, 1.165) is 11.4 Å². The molecule has 0 saturated carbocycles. The summed E-state index contributed by atoms with van der Waals surface area (Å²) in [5.74, 6) is -0.138. The van der Waals surface area contributed by atoms with E-state index in [9.17, 15) is 4.79 Å². The molecular formula is C16H18ClN3O. The summed E-state index contributed by atoms with van der Waals surface area (Å²) in [6.45, 7) is 4.87. The van der Waals surface area contributed by atoms with Gasteiger partial charge in [-0.3, -0.25) is 9.78 Å². The van der Waals surface area contributed by atoms with Crippen molar-refractivity contribution in [2.75, 3.05) is 12.3 Å². The van der Waals surface area contributed by atoms with E-state index in [4.69, 9.17) is 17.3 Å². The highest BCUT2D eigenvalue weighted by Gasteiger charge is 2.18. The van der Waals surface area contributed by atoms with Gasteiger partial charge in [0.25, 0.3) is 5.91 Å². The summed E-state index contributed by atoms with van der Waals surface area (Å²) in [6, 6.07) is 10.7. The minimum Gasteiger partial charge on any atom is -0.398 e. The van der Waals surface area contributed by atoms with Crippen LogP contribution in [-0.2, 0) is 6.54 Å². The molecule has 21 heavy (non-hydrogen) atoms. The number of anilines is 1. The van der Waals surface area contributed by atoms with Crippen LogP contribution in [0.15, 0.2) is 36.4 Å². The zero-order chi connectivity index (χ0) is 15.4. The number of aryl methyl sites for hydroxylation is 1. The first-order valence-corrected chi connectivity index (χ1v) is 7.16. The summed E-state index contributed by atoms with van der Waals surface area (Å²) < 4.78 is 0. The Labute approximate surface area is 129 Å². The first-order chi connectivity index (χ1) is 10.0. The van der Waals surface area contributed by atoms with Gasteiger partial charge in [0.2, 0.25) is 0 Å². The minimum absolute atomic E-state index is 0.138. The third-order valence-electron chi connectivity index (χ3n) is 3.21. The highest BCUT2D eigenvalue weighted by Crippen LogP contribution is 2.20. The van der Waals surface area contributed by atoms with Crippen LogP contribution in [0.3, 0.4) is 0 Å². The number of benzene rings is 1. The molecule has 0 aliphatic carbocycles. The molecule has 1 aromatic carbocycles. The normalized spacial score (nSPS) is 10.4. The Morgan fingerprint density at radius 2 is 2.10 bits per heavy atom. The number of carbonyl (C=O) groups is 1. The lowest BCUT2D eigenvalue weighted by Crippen LogP contribution is -2.31. The van der Waals surface area contributed by atoms with Gasteiger partial charge in [-0.05, 0) is 44.2 Å². The number of nitrogen functional groups attached to an aromatic ring is 1. The molecule has 0 bridgehead atoms. The van der Waals surface area contributed by atoms with E-state index in [1.54, 1.807) is 23.1 Å². The summed E-state index contributed by atoms with van der Waals surface area (Å²) in [5, 5.41) is 0.497. The van der Waals surface area contributed by atoms with Gasteiger partial charge in [0.05, 0.1) is 17.8 Å². The number of nitrogens with two attached hydrogens (primary N) is 1. The van der Waals surface area contributed by atoms with Crippen molar-refractivity contribution in [3.63, 3.8) is 0 Å². The van der Waals surface area contributed by atoms with Gasteiger partial charge in [0.15, 0.2) is 0 Å². The molecule has 1 aromatic heterocycles. The molecule has 0 fully saturated rings. The largest absolute Gasteiger partial charge is 0.398 e. The van der Waals surface area contributed by atoms with Gasteiger partial charge in [-0.25, -0.2) is 0 Å². The summed E-state index contributed by atoms with van der Waals surface area (Å²) in [6.07, 6.45) is 0. The van der Waals surface area contributed by atoms with E-state index in [-0.39, 0.29) is 5.91 Å². The Hall–Kier alpha value is -2.07. The number of carbonyl (C=O) groups excluding carboxylic acids is 1. The van der Waals surface area contributed by atoms with Crippen molar-refractivity contribution in [3.8, 4) is 0 Å². The lowest BCUT2D eigenvalue weighted by atomic mass is 10.1. The van der Waals surface area contributed by atoms with Crippen LogP contribution in [0.2, 0.25) is 5.02 Å². The minimum atomic E-state index is -0.138. The standard InChI is InChI=1S/C16H18ClN3O/c1-3-20(10-13-6-4-5-11(2)19-13)16(21)14-9-12(17)7-8-15(14)18/h4-9H,3,10,18H2,1-2H3. The van der Waals surface area contributed by atoms with Crippen molar-refractivity contribution < 1.29 is 4.79 Å². The van der Waals surface area contributed by atoms with Crippen LogP contribution in [0.4, 0.5) is 5.69 Å². The Morgan fingerprint density at radius 3 is 2.76 bits per heavy atom. The fourth-order valence-corrected chi connectivity index (χ4v) is 2.27. The van der Waals surface area contributed by atoms with Crippen LogP contribution in [0.25, 0.3) is 0 Å². The predicted molar refractivity (Wildman–Crippen MR) is 85.3 cm³/mol. The third kappa shape index (κ3) is 3.73. The van der Waals surface area contributed by atoms with E-state index in [1.165, 1.54) is 0 Å². The maximum atomic E-state index is 12.6. The SMILES string of the molecule is CCN(Cc1cccc(C)n1)C(=O)c1cc(Cl)ccc1N. The average Bonchev–Trinajstić information content (AvgIpc) is 2.46. The fourth-order valence-electron chi connectivity index (χ4n) is 2.09. The molecule has 110 valence electrons. The maximum Gasteiger partial charge on any atom is 0.256 e. The van der Waals surface area contributed by atoms with Gasteiger partial charge in [0, 0.05) is 22.9 Å². The zero-order valence-corrected chi connectivity index (χ0v) is 12.9. The number of rotatable bonds is 4. The molecule has 2 rings (SSSR count). The molecule has 0 aliphatic rings. The molecular weight excluding hydrogens is 286 g/mol. The maximum absolute atomic E-state index is 12.6. The van der Waals surface area contributed by atoms with Crippen molar-refractivity contribution >= 4 is 23.2 Å². The third-order valence-corrected chi connectivity index (χ3v) is 3.45. The molecule has 2 aromatic rings. The fraction of sp³-hybridized carbons (Fsp3) is 0.250. The lowest BCUT2D eigenvalue weighted by Gasteiger charge is -2.21. The van der Waals surface area contributed by atoms with Gasteiger partial charge in [-0.15, -0.1) is 0 Å². The molecule has 2 N–H and O–H groups in total. The van der Waals surface area contributed by atoms with Crippen LogP contribution in [0.1, 0.15) is 28.7 Å². The van der Waals surface area contributed by atoms with Crippen molar-refractivity contribution in [1.82, 2.24) is 9.88 Å². The zero-order valence-electron chi connectivity index (χ0n) is 12.1. The highest BCUT2D eigenvalue weighted by molar-refractivity contribution is 6.31. The number of aromatic nitrogens is 1. The van der Waals surface area contributed by atoms with Crippen molar-refractivity contribution in [1.29, 1.82) is 0 Å².